The second-order valence-corrected chi connectivity index (χ2v) is 4.39. The van der Waals surface area contributed by atoms with Gasteiger partial charge in [-0.1, -0.05) is 24.3 Å². The molecular weight excluding hydrogens is 190 g/mol. The van der Waals surface area contributed by atoms with E-state index in [2.05, 4.69) is 24.3 Å². The molecule has 0 saturated carbocycles. The van der Waals surface area contributed by atoms with Crippen LogP contribution in [-0.4, -0.2) is 35.1 Å². The van der Waals surface area contributed by atoms with Gasteiger partial charge in [0, 0.05) is 12.6 Å². The quantitative estimate of drug-likeness (QED) is 0.635. The van der Waals surface area contributed by atoms with Gasteiger partial charge in [0.05, 0.1) is 6.61 Å². The van der Waals surface area contributed by atoms with Gasteiger partial charge in [0.2, 0.25) is 0 Å². The molecule has 0 aromatic carbocycles. The SMILES string of the molecule is CN1C(=O)C(CO)=C2CC3C=CC21C=C3. The first kappa shape index (κ1) is 8.92. The molecular formula is C12H13NO2. The average molecular weight is 203 g/mol. The van der Waals surface area contributed by atoms with E-state index >= 15 is 0 Å². The van der Waals surface area contributed by atoms with Crippen molar-refractivity contribution in [1.29, 1.82) is 0 Å². The number of amides is 1. The van der Waals surface area contributed by atoms with Gasteiger partial charge >= 0.3 is 0 Å². The van der Waals surface area contributed by atoms with Crippen LogP contribution in [0.15, 0.2) is 35.5 Å². The molecule has 1 spiro atoms. The molecule has 0 aromatic rings. The number of hydrogen-bond donors (Lipinski definition) is 1. The van der Waals surface area contributed by atoms with Crippen molar-refractivity contribution in [2.75, 3.05) is 13.7 Å². The fourth-order valence-corrected chi connectivity index (χ4v) is 2.85. The lowest BCUT2D eigenvalue weighted by atomic mass is 9.72. The van der Waals surface area contributed by atoms with Crippen LogP contribution >= 0.6 is 0 Å². The minimum Gasteiger partial charge on any atom is -0.391 e. The molecule has 0 atom stereocenters. The second kappa shape index (κ2) is 2.61. The fraction of sp³-hybridized carbons (Fsp3) is 0.417. The van der Waals surface area contributed by atoms with Gasteiger partial charge in [-0.3, -0.25) is 4.79 Å². The Bertz CT molecular complexity index is 417. The standard InChI is InChI=1S/C12H13NO2/c1-13-11(15)9(7-14)10-6-8-2-4-12(10,13)5-3-8/h2-5,8,14H,6-7H2,1H3. The Hall–Kier alpha value is -1.35. The minimum atomic E-state index is -0.357. The van der Waals surface area contributed by atoms with Gasteiger partial charge in [-0.25, -0.2) is 0 Å². The summed E-state index contributed by atoms with van der Waals surface area (Å²) in [4.78, 5) is 13.6. The predicted molar refractivity (Wildman–Crippen MR) is 56.0 cm³/mol. The van der Waals surface area contributed by atoms with Crippen molar-refractivity contribution in [3.63, 3.8) is 0 Å². The van der Waals surface area contributed by atoms with Crippen LogP contribution < -0.4 is 0 Å². The summed E-state index contributed by atoms with van der Waals surface area (Å²) in [5.41, 5.74) is 1.33. The van der Waals surface area contributed by atoms with Crippen LogP contribution in [0.2, 0.25) is 0 Å². The van der Waals surface area contributed by atoms with E-state index in [1.807, 2.05) is 0 Å². The molecule has 0 aromatic heterocycles. The Labute approximate surface area is 88.4 Å². The van der Waals surface area contributed by atoms with Crippen LogP contribution in [0, 0.1) is 5.92 Å². The second-order valence-electron chi connectivity index (χ2n) is 4.39. The van der Waals surface area contributed by atoms with Crippen LogP contribution in [0.4, 0.5) is 0 Å². The fourth-order valence-electron chi connectivity index (χ4n) is 2.85. The zero-order valence-corrected chi connectivity index (χ0v) is 8.60. The van der Waals surface area contributed by atoms with Crippen molar-refractivity contribution in [2.24, 2.45) is 5.92 Å². The van der Waals surface area contributed by atoms with Crippen LogP contribution in [0.3, 0.4) is 0 Å². The van der Waals surface area contributed by atoms with E-state index in [0.717, 1.165) is 12.0 Å². The Kier molecular flexibility index (Phi) is 1.55. The number of nitrogens with zero attached hydrogens (tertiary/aromatic N) is 1. The summed E-state index contributed by atoms with van der Waals surface area (Å²) in [5.74, 6) is 0.368. The van der Waals surface area contributed by atoms with Crippen LogP contribution in [-0.2, 0) is 4.79 Å². The van der Waals surface area contributed by atoms with E-state index < -0.39 is 0 Å². The van der Waals surface area contributed by atoms with Gasteiger partial charge in [0.25, 0.3) is 5.91 Å². The van der Waals surface area contributed by atoms with Crippen LogP contribution in [0.1, 0.15) is 6.42 Å². The van der Waals surface area contributed by atoms with Crippen molar-refractivity contribution in [2.45, 2.75) is 12.0 Å². The Morgan fingerprint density at radius 2 is 2.20 bits per heavy atom. The molecule has 3 aliphatic carbocycles. The number of aliphatic hydroxyl groups is 1. The van der Waals surface area contributed by atoms with Gasteiger partial charge < -0.3 is 10.0 Å². The number of likely N-dealkylation sites (N-methyl/N-ethyl adjacent to an activating group) is 1. The highest BCUT2D eigenvalue weighted by atomic mass is 16.3. The van der Waals surface area contributed by atoms with Crippen molar-refractivity contribution >= 4 is 5.91 Å². The van der Waals surface area contributed by atoms with Gasteiger partial charge in [-0.05, 0) is 17.9 Å². The Balaban J connectivity index is 2.24. The summed E-state index contributed by atoms with van der Waals surface area (Å²) in [6.45, 7) is -0.144. The zero-order valence-electron chi connectivity index (χ0n) is 8.60. The smallest absolute Gasteiger partial charge is 0.253 e. The van der Waals surface area contributed by atoms with E-state index in [1.165, 1.54) is 0 Å². The summed E-state index contributed by atoms with van der Waals surface area (Å²) in [6, 6.07) is 0. The number of hydrogen-bond acceptors (Lipinski definition) is 2. The molecule has 3 nitrogen and oxygen atoms in total. The first-order valence-corrected chi connectivity index (χ1v) is 5.19. The molecule has 0 radical (unpaired) electrons. The third kappa shape index (κ3) is 0.868. The highest BCUT2D eigenvalue weighted by molar-refractivity contribution is 6.00. The van der Waals surface area contributed by atoms with Gasteiger partial charge in [0.1, 0.15) is 5.54 Å². The van der Waals surface area contributed by atoms with Crippen molar-refractivity contribution in [3.05, 3.63) is 35.5 Å². The molecule has 4 aliphatic rings. The molecule has 1 aliphatic heterocycles. The Morgan fingerprint density at radius 3 is 2.80 bits per heavy atom. The molecule has 3 heteroatoms. The number of aliphatic hydroxyl groups excluding tert-OH is 1. The number of carbonyl (C=O) groups is 1. The normalized spacial score (nSPS) is 36.8. The third-order valence-corrected chi connectivity index (χ3v) is 3.76. The number of carbonyl (C=O) groups excluding carboxylic acids is 1. The maximum atomic E-state index is 11.9. The molecule has 15 heavy (non-hydrogen) atoms. The molecule has 4 rings (SSSR count). The maximum absolute atomic E-state index is 11.9. The summed E-state index contributed by atoms with van der Waals surface area (Å²) in [7, 11) is 1.80. The summed E-state index contributed by atoms with van der Waals surface area (Å²) >= 11 is 0. The molecule has 0 fully saturated rings. The zero-order chi connectivity index (χ0) is 10.6. The van der Waals surface area contributed by atoms with E-state index in [0.29, 0.717) is 11.5 Å². The summed E-state index contributed by atoms with van der Waals surface area (Å²) in [6.07, 6.45) is 9.33. The van der Waals surface area contributed by atoms with Gasteiger partial charge in [-0.2, -0.15) is 0 Å². The largest absolute Gasteiger partial charge is 0.391 e. The predicted octanol–water partition coefficient (Wildman–Crippen LogP) is 0.632. The van der Waals surface area contributed by atoms with E-state index in [-0.39, 0.29) is 18.1 Å². The maximum Gasteiger partial charge on any atom is 0.253 e. The lowest BCUT2D eigenvalue weighted by Gasteiger charge is -2.41. The monoisotopic (exact) mass is 203 g/mol. The highest BCUT2D eigenvalue weighted by Gasteiger charge is 2.49. The molecule has 1 amide bonds. The minimum absolute atomic E-state index is 0.0376. The molecule has 1 N–H and O–H groups in total. The number of rotatable bonds is 1. The number of allylic oxidation sites excluding steroid dienone is 2. The molecule has 78 valence electrons. The third-order valence-electron chi connectivity index (χ3n) is 3.76. The van der Waals surface area contributed by atoms with E-state index in [9.17, 15) is 9.90 Å². The van der Waals surface area contributed by atoms with Crippen molar-refractivity contribution < 1.29 is 9.90 Å². The van der Waals surface area contributed by atoms with Crippen LogP contribution in [0.5, 0.6) is 0 Å². The first-order valence-electron chi connectivity index (χ1n) is 5.19. The molecule has 0 saturated heterocycles. The van der Waals surface area contributed by atoms with Gasteiger partial charge in [0.15, 0.2) is 0 Å². The lowest BCUT2D eigenvalue weighted by molar-refractivity contribution is -0.126. The average Bonchev–Trinajstić information content (AvgIpc) is 2.50. The van der Waals surface area contributed by atoms with Gasteiger partial charge in [-0.15, -0.1) is 0 Å². The lowest BCUT2D eigenvalue weighted by Crippen LogP contribution is -2.46. The molecule has 0 unspecified atom stereocenters. The summed E-state index contributed by atoms with van der Waals surface area (Å²) in [5, 5.41) is 9.26. The van der Waals surface area contributed by atoms with E-state index in [1.54, 1.807) is 11.9 Å². The highest BCUT2D eigenvalue weighted by Crippen LogP contribution is 2.47. The van der Waals surface area contributed by atoms with Crippen LogP contribution in [0.25, 0.3) is 0 Å². The van der Waals surface area contributed by atoms with Crippen molar-refractivity contribution in [3.8, 4) is 0 Å². The first-order chi connectivity index (χ1) is 7.19. The topological polar surface area (TPSA) is 40.5 Å². The molecule has 1 heterocycles. The van der Waals surface area contributed by atoms with E-state index in [4.69, 9.17) is 0 Å². The summed E-state index contributed by atoms with van der Waals surface area (Å²) < 4.78 is 0. The van der Waals surface area contributed by atoms with Crippen molar-refractivity contribution in [1.82, 2.24) is 4.90 Å². The molecule has 2 bridgehead atoms. The Morgan fingerprint density at radius 1 is 1.53 bits per heavy atom.